The van der Waals surface area contributed by atoms with Gasteiger partial charge in [-0.05, 0) is 44.1 Å². The molecule has 1 aromatic heterocycles. The molecule has 19 heavy (non-hydrogen) atoms. The third-order valence-electron chi connectivity index (χ3n) is 3.80. The summed E-state index contributed by atoms with van der Waals surface area (Å²) < 4.78 is 0. The molecule has 1 aromatic carbocycles. The second-order valence-electron chi connectivity index (χ2n) is 4.95. The molecule has 102 valence electrons. The van der Waals surface area contributed by atoms with Crippen LogP contribution in [0, 0.1) is 0 Å². The van der Waals surface area contributed by atoms with Crippen LogP contribution in [0.4, 0.5) is 5.82 Å². The number of hydrogen-bond acceptors (Lipinski definition) is 3. The topological polar surface area (TPSA) is 28.2 Å². The first-order valence-electron chi connectivity index (χ1n) is 6.64. The average molecular weight is 278 g/mol. The fraction of sp³-hybridized carbons (Fsp3) is 0.400. The number of benzene rings is 1. The van der Waals surface area contributed by atoms with Gasteiger partial charge in [0.1, 0.15) is 5.82 Å². The van der Waals surface area contributed by atoms with E-state index in [9.17, 15) is 0 Å². The van der Waals surface area contributed by atoms with Crippen LogP contribution in [0.15, 0.2) is 36.4 Å². The zero-order chi connectivity index (χ0) is 12.4. The molecule has 1 fully saturated rings. The van der Waals surface area contributed by atoms with Crippen molar-refractivity contribution >= 4 is 29.1 Å². The molecule has 1 aliphatic rings. The van der Waals surface area contributed by atoms with Crippen LogP contribution in [0.3, 0.4) is 0 Å². The second kappa shape index (κ2) is 6.22. The van der Waals surface area contributed by atoms with Gasteiger partial charge in [-0.2, -0.15) is 0 Å². The molecule has 1 N–H and O–H groups in total. The summed E-state index contributed by atoms with van der Waals surface area (Å²) in [6.45, 7) is 2.23. The minimum Gasteiger partial charge on any atom is -0.357 e. The van der Waals surface area contributed by atoms with Gasteiger partial charge in [-0.1, -0.05) is 18.2 Å². The molecule has 0 bridgehead atoms. The predicted molar refractivity (Wildman–Crippen MR) is 83.3 cm³/mol. The van der Waals surface area contributed by atoms with Crippen molar-refractivity contribution in [2.45, 2.75) is 18.9 Å². The number of rotatable bonds is 2. The Morgan fingerprint density at radius 3 is 2.63 bits per heavy atom. The summed E-state index contributed by atoms with van der Waals surface area (Å²) in [7, 11) is 2.16. The van der Waals surface area contributed by atoms with Crippen LogP contribution in [0.1, 0.15) is 12.8 Å². The number of halogens is 1. The molecular formula is C15H20ClN3. The third kappa shape index (κ3) is 2.99. The van der Waals surface area contributed by atoms with Crippen LogP contribution in [-0.4, -0.2) is 31.2 Å². The van der Waals surface area contributed by atoms with Crippen LogP contribution in [0.25, 0.3) is 10.9 Å². The van der Waals surface area contributed by atoms with Crippen molar-refractivity contribution in [3.8, 4) is 0 Å². The highest BCUT2D eigenvalue weighted by molar-refractivity contribution is 5.85. The highest BCUT2D eigenvalue weighted by atomic mass is 35.5. The van der Waals surface area contributed by atoms with Crippen LogP contribution in [0.5, 0.6) is 0 Å². The molecule has 3 nitrogen and oxygen atoms in total. The summed E-state index contributed by atoms with van der Waals surface area (Å²) in [5.74, 6) is 1.08. The van der Waals surface area contributed by atoms with E-state index in [1.807, 2.05) is 6.07 Å². The monoisotopic (exact) mass is 277 g/mol. The quantitative estimate of drug-likeness (QED) is 0.915. The highest BCUT2D eigenvalue weighted by Crippen LogP contribution is 2.21. The van der Waals surface area contributed by atoms with Crippen molar-refractivity contribution in [1.29, 1.82) is 0 Å². The number of nitrogens with one attached hydrogen (secondary N) is 1. The zero-order valence-electron chi connectivity index (χ0n) is 11.2. The van der Waals surface area contributed by atoms with Gasteiger partial charge in [-0.3, -0.25) is 0 Å². The summed E-state index contributed by atoms with van der Waals surface area (Å²) in [4.78, 5) is 7.08. The molecule has 0 aliphatic carbocycles. The molecule has 1 aliphatic heterocycles. The molecule has 0 unspecified atom stereocenters. The molecule has 0 spiro atoms. The Bertz CT molecular complexity index is 538. The lowest BCUT2D eigenvalue weighted by molar-refractivity contribution is 0.442. The van der Waals surface area contributed by atoms with E-state index in [0.29, 0.717) is 6.04 Å². The largest absolute Gasteiger partial charge is 0.357 e. The van der Waals surface area contributed by atoms with Gasteiger partial charge in [0, 0.05) is 18.5 Å². The number of hydrogen-bond donors (Lipinski definition) is 1. The molecule has 2 aromatic rings. The molecule has 0 saturated carbocycles. The van der Waals surface area contributed by atoms with E-state index >= 15 is 0 Å². The molecule has 0 radical (unpaired) electrons. The van der Waals surface area contributed by atoms with Crippen LogP contribution in [0.2, 0.25) is 0 Å². The Morgan fingerprint density at radius 2 is 1.84 bits per heavy atom. The van der Waals surface area contributed by atoms with Gasteiger partial charge in [0.25, 0.3) is 0 Å². The summed E-state index contributed by atoms with van der Waals surface area (Å²) in [6.07, 6.45) is 2.40. The maximum absolute atomic E-state index is 4.76. The van der Waals surface area contributed by atoms with Crippen molar-refractivity contribution in [1.82, 2.24) is 10.3 Å². The molecule has 2 heterocycles. The molecule has 0 atom stereocenters. The Labute approximate surface area is 120 Å². The van der Waals surface area contributed by atoms with Gasteiger partial charge >= 0.3 is 0 Å². The van der Waals surface area contributed by atoms with Crippen LogP contribution in [-0.2, 0) is 0 Å². The highest BCUT2D eigenvalue weighted by Gasteiger charge is 2.18. The summed E-state index contributed by atoms with van der Waals surface area (Å²) in [6, 6.07) is 13.2. The fourth-order valence-electron chi connectivity index (χ4n) is 2.63. The number of anilines is 1. The Balaban J connectivity index is 0.00000133. The lowest BCUT2D eigenvalue weighted by Crippen LogP contribution is -2.41. The standard InChI is InChI=1S/C15H19N3.ClH/c1-18(13-8-10-16-11-9-13)15-7-6-12-4-2-3-5-14(12)17-15;/h2-7,13,16H,8-11H2,1H3;1H. The van der Waals surface area contributed by atoms with Crippen molar-refractivity contribution in [3.05, 3.63) is 36.4 Å². The molecule has 4 heteroatoms. The van der Waals surface area contributed by atoms with Gasteiger partial charge in [0.2, 0.25) is 0 Å². The summed E-state index contributed by atoms with van der Waals surface area (Å²) in [5, 5.41) is 4.61. The van der Waals surface area contributed by atoms with E-state index in [1.54, 1.807) is 0 Å². The summed E-state index contributed by atoms with van der Waals surface area (Å²) >= 11 is 0. The lowest BCUT2D eigenvalue weighted by atomic mass is 10.1. The second-order valence-corrected chi connectivity index (χ2v) is 4.95. The number of pyridine rings is 1. The zero-order valence-corrected chi connectivity index (χ0v) is 12.0. The number of aromatic nitrogens is 1. The molecule has 1 saturated heterocycles. The Hall–Kier alpha value is -1.32. The van der Waals surface area contributed by atoms with Crippen molar-refractivity contribution in [2.24, 2.45) is 0 Å². The normalized spacial score (nSPS) is 16.1. The lowest BCUT2D eigenvalue weighted by Gasteiger charge is -2.32. The predicted octanol–water partition coefficient (Wildman–Crippen LogP) is 2.84. The number of para-hydroxylation sites is 1. The van der Waals surface area contributed by atoms with Gasteiger partial charge in [-0.15, -0.1) is 12.4 Å². The number of fused-ring (bicyclic) bond motifs is 1. The van der Waals surface area contributed by atoms with E-state index in [-0.39, 0.29) is 12.4 Å². The Morgan fingerprint density at radius 1 is 1.11 bits per heavy atom. The van der Waals surface area contributed by atoms with E-state index in [4.69, 9.17) is 4.98 Å². The van der Waals surface area contributed by atoms with Gasteiger partial charge in [-0.25, -0.2) is 4.98 Å². The molecular weight excluding hydrogens is 258 g/mol. The third-order valence-corrected chi connectivity index (χ3v) is 3.80. The maximum Gasteiger partial charge on any atom is 0.129 e. The van der Waals surface area contributed by atoms with Crippen LogP contribution < -0.4 is 10.2 Å². The first-order valence-corrected chi connectivity index (χ1v) is 6.64. The van der Waals surface area contributed by atoms with Crippen molar-refractivity contribution in [2.75, 3.05) is 25.0 Å². The van der Waals surface area contributed by atoms with Crippen LogP contribution >= 0.6 is 12.4 Å². The minimum absolute atomic E-state index is 0. The van der Waals surface area contributed by atoms with Gasteiger partial charge < -0.3 is 10.2 Å². The fourth-order valence-corrected chi connectivity index (χ4v) is 2.63. The number of nitrogens with zero attached hydrogens (tertiary/aromatic N) is 2. The SMILES string of the molecule is CN(c1ccc2ccccc2n1)C1CCNCC1.Cl. The van der Waals surface area contributed by atoms with E-state index in [2.05, 4.69) is 47.6 Å². The molecule has 0 amide bonds. The number of piperidine rings is 1. The van der Waals surface area contributed by atoms with Crippen molar-refractivity contribution < 1.29 is 0 Å². The van der Waals surface area contributed by atoms with E-state index < -0.39 is 0 Å². The molecule has 3 rings (SSSR count). The Kier molecular flexibility index (Phi) is 4.61. The maximum atomic E-state index is 4.76. The average Bonchev–Trinajstić information content (AvgIpc) is 2.47. The van der Waals surface area contributed by atoms with Gasteiger partial charge in [0.05, 0.1) is 5.52 Å². The minimum atomic E-state index is 0. The van der Waals surface area contributed by atoms with E-state index in [1.165, 1.54) is 18.2 Å². The first kappa shape index (κ1) is 14.1. The van der Waals surface area contributed by atoms with Gasteiger partial charge in [0.15, 0.2) is 0 Å². The van der Waals surface area contributed by atoms with Crippen molar-refractivity contribution in [3.63, 3.8) is 0 Å². The first-order chi connectivity index (χ1) is 8.84. The smallest absolute Gasteiger partial charge is 0.129 e. The van der Waals surface area contributed by atoms with E-state index in [0.717, 1.165) is 24.4 Å². The summed E-state index contributed by atoms with van der Waals surface area (Å²) in [5.41, 5.74) is 1.08.